The number of nitriles is 1. The Labute approximate surface area is 241 Å². The van der Waals surface area contributed by atoms with Crippen LogP contribution in [0.4, 0.5) is 17.1 Å². The highest BCUT2D eigenvalue weighted by Crippen LogP contribution is 2.36. The maximum Gasteiger partial charge on any atom is 0.0998 e. The van der Waals surface area contributed by atoms with Crippen LogP contribution in [0.2, 0.25) is 0 Å². The molecular weight excluding hydrogens is 496 g/mol. The molecule has 0 aliphatic heterocycles. The van der Waals surface area contributed by atoms with Crippen LogP contribution in [0.25, 0.3) is 33.9 Å². The van der Waals surface area contributed by atoms with Gasteiger partial charge in [0.2, 0.25) is 0 Å². The topological polar surface area (TPSA) is 27.0 Å². The first-order valence-corrected chi connectivity index (χ1v) is 13.7. The number of hydrogen-bond acceptors (Lipinski definition) is 2. The third-order valence-corrected chi connectivity index (χ3v) is 7.11. The number of hydrogen-bond donors (Lipinski definition) is 0. The fourth-order valence-corrected chi connectivity index (χ4v) is 5.10. The molecule has 0 aromatic heterocycles. The average molecular weight is 525 g/mol. The molecule has 0 saturated carbocycles. The average Bonchev–Trinajstić information content (AvgIpc) is 3.06. The molecule has 0 radical (unpaired) electrons. The summed E-state index contributed by atoms with van der Waals surface area (Å²) in [5.74, 6) is 0. The van der Waals surface area contributed by atoms with Gasteiger partial charge in [0.05, 0.1) is 11.6 Å². The molecule has 0 unspecified atom stereocenters. The summed E-state index contributed by atoms with van der Waals surface area (Å²) >= 11 is 0. The number of benzene rings is 6. The second kappa shape index (κ2) is 12.0. The molecule has 0 fully saturated rings. The van der Waals surface area contributed by atoms with E-state index in [1.807, 2.05) is 54.6 Å². The largest absolute Gasteiger partial charge is 0.311 e. The van der Waals surface area contributed by atoms with E-state index in [9.17, 15) is 5.26 Å². The predicted molar refractivity (Wildman–Crippen MR) is 172 cm³/mol. The summed E-state index contributed by atoms with van der Waals surface area (Å²) in [6.45, 7) is 0. The minimum Gasteiger partial charge on any atom is -0.311 e. The second-order valence-corrected chi connectivity index (χ2v) is 9.76. The summed E-state index contributed by atoms with van der Waals surface area (Å²) in [5, 5.41) is 10.4. The van der Waals surface area contributed by atoms with Crippen molar-refractivity contribution in [3.05, 3.63) is 175 Å². The highest BCUT2D eigenvalue weighted by molar-refractivity contribution is 5.97. The van der Waals surface area contributed by atoms with Crippen molar-refractivity contribution < 1.29 is 0 Å². The van der Waals surface area contributed by atoms with Gasteiger partial charge in [0.15, 0.2) is 0 Å². The Morgan fingerprint density at radius 2 is 0.976 bits per heavy atom. The van der Waals surface area contributed by atoms with Crippen molar-refractivity contribution in [3.8, 4) is 28.3 Å². The molecule has 0 spiro atoms. The Bertz CT molecular complexity index is 1760. The van der Waals surface area contributed by atoms with Crippen LogP contribution >= 0.6 is 0 Å². The van der Waals surface area contributed by atoms with Crippen molar-refractivity contribution >= 4 is 28.7 Å². The second-order valence-electron chi connectivity index (χ2n) is 9.76. The molecule has 0 N–H and O–H groups in total. The first kappa shape index (κ1) is 25.6. The van der Waals surface area contributed by atoms with E-state index in [-0.39, 0.29) is 0 Å². The summed E-state index contributed by atoms with van der Waals surface area (Å²) < 4.78 is 0. The molecular formula is C39H28N2. The first-order chi connectivity index (χ1) is 20.3. The van der Waals surface area contributed by atoms with Crippen LogP contribution in [0.1, 0.15) is 11.1 Å². The van der Waals surface area contributed by atoms with Crippen molar-refractivity contribution in [3.63, 3.8) is 0 Å². The van der Waals surface area contributed by atoms with Crippen LogP contribution in [-0.4, -0.2) is 0 Å². The van der Waals surface area contributed by atoms with Gasteiger partial charge in [-0.25, -0.2) is 0 Å². The van der Waals surface area contributed by atoms with Crippen molar-refractivity contribution in [1.29, 1.82) is 5.26 Å². The van der Waals surface area contributed by atoms with Gasteiger partial charge in [-0.15, -0.1) is 0 Å². The molecule has 194 valence electrons. The van der Waals surface area contributed by atoms with E-state index < -0.39 is 0 Å². The maximum atomic E-state index is 10.4. The molecule has 0 amide bonds. The van der Waals surface area contributed by atoms with E-state index in [1.54, 1.807) is 0 Å². The third-order valence-electron chi connectivity index (χ3n) is 7.11. The van der Waals surface area contributed by atoms with Crippen LogP contribution in [0, 0.1) is 11.3 Å². The Kier molecular flexibility index (Phi) is 7.52. The summed E-state index contributed by atoms with van der Waals surface area (Å²) in [5.41, 5.74) is 10.1. The van der Waals surface area contributed by atoms with Crippen LogP contribution in [0.15, 0.2) is 164 Å². The summed E-state index contributed by atoms with van der Waals surface area (Å²) in [6, 6.07) is 58.5. The Balaban J connectivity index is 1.41. The SMILES string of the molecule is N#CC(=Cc1ccc(N(c2ccccc2)c2ccccc2)cc1)c1cc(-c2ccccc2)ccc1-c1ccccc1. The number of rotatable bonds is 7. The fourth-order valence-electron chi connectivity index (χ4n) is 5.10. The number of para-hydroxylation sites is 2. The minimum absolute atomic E-state index is 0.623. The van der Waals surface area contributed by atoms with Gasteiger partial charge in [0.25, 0.3) is 0 Å². The van der Waals surface area contributed by atoms with Gasteiger partial charge in [-0.3, -0.25) is 0 Å². The van der Waals surface area contributed by atoms with Crippen LogP contribution in [-0.2, 0) is 0 Å². The third kappa shape index (κ3) is 5.71. The van der Waals surface area contributed by atoms with Gasteiger partial charge in [-0.05, 0) is 76.4 Å². The lowest BCUT2D eigenvalue weighted by Gasteiger charge is -2.25. The normalized spacial score (nSPS) is 11.0. The van der Waals surface area contributed by atoms with Crippen LogP contribution < -0.4 is 4.90 Å². The van der Waals surface area contributed by atoms with E-state index in [2.05, 4.69) is 126 Å². The van der Waals surface area contributed by atoms with Crippen LogP contribution in [0.5, 0.6) is 0 Å². The first-order valence-electron chi connectivity index (χ1n) is 13.7. The minimum atomic E-state index is 0.623. The molecule has 0 atom stereocenters. The van der Waals surface area contributed by atoms with E-state index in [0.717, 1.165) is 50.4 Å². The standard InChI is InChI=1S/C39H28N2/c40-29-34(39-28-33(31-13-5-1-6-14-31)23-26-38(39)32-15-7-2-8-16-32)27-30-21-24-37(25-22-30)41(35-17-9-3-10-18-35)36-19-11-4-12-20-36/h1-28H. The predicted octanol–water partition coefficient (Wildman–Crippen LogP) is 10.6. The van der Waals surface area contributed by atoms with Gasteiger partial charge in [-0.2, -0.15) is 5.26 Å². The van der Waals surface area contributed by atoms with E-state index in [0.29, 0.717) is 5.57 Å². The van der Waals surface area contributed by atoms with E-state index >= 15 is 0 Å². The van der Waals surface area contributed by atoms with Gasteiger partial charge in [-0.1, -0.05) is 121 Å². The monoisotopic (exact) mass is 524 g/mol. The Morgan fingerprint density at radius 3 is 1.51 bits per heavy atom. The Morgan fingerprint density at radius 1 is 0.488 bits per heavy atom. The molecule has 0 bridgehead atoms. The Hall–Kier alpha value is -5.65. The highest BCUT2D eigenvalue weighted by atomic mass is 15.1. The van der Waals surface area contributed by atoms with Crippen molar-refractivity contribution in [1.82, 2.24) is 0 Å². The van der Waals surface area contributed by atoms with Gasteiger partial charge < -0.3 is 4.90 Å². The molecule has 6 aromatic carbocycles. The summed E-state index contributed by atoms with van der Waals surface area (Å²) in [6.07, 6.45) is 1.98. The molecule has 6 rings (SSSR count). The van der Waals surface area contributed by atoms with Crippen molar-refractivity contribution in [2.75, 3.05) is 4.90 Å². The zero-order valence-electron chi connectivity index (χ0n) is 22.6. The molecule has 0 heterocycles. The molecule has 6 aromatic rings. The van der Waals surface area contributed by atoms with E-state index in [4.69, 9.17) is 0 Å². The molecule has 0 aliphatic rings. The number of nitrogens with zero attached hydrogens (tertiary/aromatic N) is 2. The van der Waals surface area contributed by atoms with Crippen LogP contribution in [0.3, 0.4) is 0 Å². The lowest BCUT2D eigenvalue weighted by atomic mass is 9.90. The van der Waals surface area contributed by atoms with Gasteiger partial charge >= 0.3 is 0 Å². The molecule has 0 aliphatic carbocycles. The van der Waals surface area contributed by atoms with Crippen molar-refractivity contribution in [2.24, 2.45) is 0 Å². The van der Waals surface area contributed by atoms with Gasteiger partial charge in [0, 0.05) is 22.6 Å². The quantitative estimate of drug-likeness (QED) is 0.153. The number of allylic oxidation sites excluding steroid dienone is 1. The molecule has 2 heteroatoms. The van der Waals surface area contributed by atoms with Crippen molar-refractivity contribution in [2.45, 2.75) is 0 Å². The molecule has 0 saturated heterocycles. The molecule has 41 heavy (non-hydrogen) atoms. The lowest BCUT2D eigenvalue weighted by molar-refractivity contribution is 1.28. The maximum absolute atomic E-state index is 10.4. The summed E-state index contributed by atoms with van der Waals surface area (Å²) in [4.78, 5) is 2.23. The highest BCUT2D eigenvalue weighted by Gasteiger charge is 2.14. The van der Waals surface area contributed by atoms with Gasteiger partial charge in [0.1, 0.15) is 0 Å². The lowest BCUT2D eigenvalue weighted by Crippen LogP contribution is -2.09. The fraction of sp³-hybridized carbons (Fsp3) is 0. The molecule has 2 nitrogen and oxygen atoms in total. The summed E-state index contributed by atoms with van der Waals surface area (Å²) in [7, 11) is 0. The zero-order valence-corrected chi connectivity index (χ0v) is 22.6. The smallest absolute Gasteiger partial charge is 0.0998 e. The zero-order chi connectivity index (χ0) is 27.9. The number of anilines is 3. The van der Waals surface area contributed by atoms with E-state index in [1.165, 1.54) is 0 Å².